The molecule has 0 spiro atoms. The zero-order valence-corrected chi connectivity index (χ0v) is 16.8. The van der Waals surface area contributed by atoms with Crippen molar-refractivity contribution in [2.45, 2.75) is 32.2 Å². The van der Waals surface area contributed by atoms with Crippen molar-refractivity contribution in [1.29, 1.82) is 0 Å². The number of para-hydroxylation sites is 1. The first kappa shape index (κ1) is 18.6. The summed E-state index contributed by atoms with van der Waals surface area (Å²) in [6, 6.07) is 19.1. The summed E-state index contributed by atoms with van der Waals surface area (Å²) in [6.45, 7) is 2.28. The molecule has 0 radical (unpaired) electrons. The Kier molecular flexibility index (Phi) is 4.39. The monoisotopic (exact) mass is 398 g/mol. The first-order chi connectivity index (χ1) is 14.6. The van der Waals surface area contributed by atoms with E-state index >= 15 is 0 Å². The fraction of sp³-hybridized carbons (Fsp3) is 0.240. The van der Waals surface area contributed by atoms with Crippen LogP contribution in [0.15, 0.2) is 60.7 Å². The van der Waals surface area contributed by atoms with Crippen LogP contribution in [0.5, 0.6) is 0 Å². The van der Waals surface area contributed by atoms with Crippen molar-refractivity contribution in [2.75, 3.05) is 11.4 Å². The number of nitrogens with zero attached hydrogens (tertiary/aromatic N) is 2. The van der Waals surface area contributed by atoms with Gasteiger partial charge in [0, 0.05) is 41.2 Å². The molecule has 2 heterocycles. The number of hydrogen-bond donors (Lipinski definition) is 0. The van der Waals surface area contributed by atoms with Crippen LogP contribution in [0.4, 0.5) is 5.69 Å². The standard InChI is InChI=1S/C25H22N2O3/c1-16-15-18-7-2-3-12-21(18)27(16)22(28)13-6-14-26-24(29)19-10-4-8-17-9-5-11-20(23(17)19)25(26)30/h2-5,7-12,16H,6,13-15H2,1H3. The van der Waals surface area contributed by atoms with Gasteiger partial charge in [-0.3, -0.25) is 19.3 Å². The molecule has 5 nitrogen and oxygen atoms in total. The van der Waals surface area contributed by atoms with Gasteiger partial charge >= 0.3 is 0 Å². The highest BCUT2D eigenvalue weighted by Gasteiger charge is 2.33. The van der Waals surface area contributed by atoms with E-state index in [0.29, 0.717) is 24.0 Å². The van der Waals surface area contributed by atoms with Crippen molar-refractivity contribution in [2.24, 2.45) is 0 Å². The van der Waals surface area contributed by atoms with Crippen molar-refractivity contribution in [3.8, 4) is 0 Å². The Morgan fingerprint density at radius 2 is 1.60 bits per heavy atom. The Balaban J connectivity index is 1.31. The van der Waals surface area contributed by atoms with E-state index in [9.17, 15) is 14.4 Å². The van der Waals surface area contributed by atoms with Gasteiger partial charge in [0.2, 0.25) is 5.91 Å². The topological polar surface area (TPSA) is 57.7 Å². The average molecular weight is 398 g/mol. The van der Waals surface area contributed by atoms with Gasteiger partial charge in [-0.2, -0.15) is 0 Å². The summed E-state index contributed by atoms with van der Waals surface area (Å²) in [5.74, 6) is -0.528. The van der Waals surface area contributed by atoms with Crippen LogP contribution in [0.25, 0.3) is 10.8 Å². The minimum absolute atomic E-state index is 0.0341. The molecule has 5 heteroatoms. The Bertz CT molecular complexity index is 1150. The number of fused-ring (bicyclic) bond motifs is 1. The molecule has 0 saturated carbocycles. The van der Waals surface area contributed by atoms with Crippen LogP contribution in [-0.4, -0.2) is 35.2 Å². The summed E-state index contributed by atoms with van der Waals surface area (Å²) in [5, 5.41) is 1.62. The Labute approximate surface area is 174 Å². The highest BCUT2D eigenvalue weighted by molar-refractivity contribution is 6.25. The van der Waals surface area contributed by atoms with Gasteiger partial charge in [0.25, 0.3) is 11.8 Å². The maximum atomic E-state index is 13.0. The maximum absolute atomic E-state index is 13.0. The zero-order chi connectivity index (χ0) is 20.8. The molecule has 3 amide bonds. The number of rotatable bonds is 4. The molecule has 0 saturated heterocycles. The molecule has 0 bridgehead atoms. The minimum atomic E-state index is -0.281. The molecule has 1 atom stereocenters. The van der Waals surface area contributed by atoms with Gasteiger partial charge < -0.3 is 4.90 Å². The molecular weight excluding hydrogens is 376 g/mol. The lowest BCUT2D eigenvalue weighted by Crippen LogP contribution is -2.41. The van der Waals surface area contributed by atoms with Crippen molar-refractivity contribution in [1.82, 2.24) is 4.90 Å². The molecule has 3 aromatic carbocycles. The summed E-state index contributed by atoms with van der Waals surface area (Å²) in [6.07, 6.45) is 1.59. The lowest BCUT2D eigenvalue weighted by Gasteiger charge is -2.28. The Morgan fingerprint density at radius 1 is 0.933 bits per heavy atom. The Hall–Kier alpha value is -3.47. The van der Waals surface area contributed by atoms with Crippen molar-refractivity contribution < 1.29 is 14.4 Å². The van der Waals surface area contributed by atoms with E-state index in [0.717, 1.165) is 22.9 Å². The van der Waals surface area contributed by atoms with Crippen LogP contribution in [0.2, 0.25) is 0 Å². The van der Waals surface area contributed by atoms with Crippen molar-refractivity contribution >= 4 is 34.2 Å². The second kappa shape index (κ2) is 7.10. The number of benzene rings is 3. The molecular formula is C25H22N2O3. The largest absolute Gasteiger partial charge is 0.309 e. The zero-order valence-electron chi connectivity index (χ0n) is 16.8. The van der Waals surface area contributed by atoms with Gasteiger partial charge in [-0.05, 0) is 48.9 Å². The molecule has 5 rings (SSSR count). The summed E-state index contributed by atoms with van der Waals surface area (Å²) in [4.78, 5) is 42.0. The normalized spacial score (nSPS) is 17.6. The summed E-state index contributed by atoms with van der Waals surface area (Å²) in [7, 11) is 0. The highest BCUT2D eigenvalue weighted by atomic mass is 16.2. The summed E-state index contributed by atoms with van der Waals surface area (Å²) in [5.41, 5.74) is 3.26. The van der Waals surface area contributed by atoms with E-state index < -0.39 is 0 Å². The lowest BCUT2D eigenvalue weighted by atomic mass is 9.94. The van der Waals surface area contributed by atoms with Crippen LogP contribution in [0, 0.1) is 0 Å². The van der Waals surface area contributed by atoms with E-state index in [1.54, 1.807) is 12.1 Å². The van der Waals surface area contributed by atoms with Crippen LogP contribution < -0.4 is 4.90 Å². The number of carbonyl (C=O) groups excluding carboxylic acids is 3. The van der Waals surface area contributed by atoms with Gasteiger partial charge in [0.05, 0.1) is 0 Å². The number of imide groups is 1. The number of hydrogen-bond acceptors (Lipinski definition) is 3. The van der Waals surface area contributed by atoms with E-state index in [-0.39, 0.29) is 30.3 Å². The molecule has 0 aliphatic carbocycles. The highest BCUT2D eigenvalue weighted by Crippen LogP contribution is 2.33. The van der Waals surface area contributed by atoms with Crippen molar-refractivity contribution in [3.63, 3.8) is 0 Å². The van der Waals surface area contributed by atoms with E-state index in [4.69, 9.17) is 0 Å². The fourth-order valence-electron chi connectivity index (χ4n) is 4.74. The van der Waals surface area contributed by atoms with E-state index in [2.05, 4.69) is 6.07 Å². The molecule has 0 fully saturated rings. The van der Waals surface area contributed by atoms with Crippen LogP contribution in [-0.2, 0) is 11.2 Å². The third-order valence-corrected chi connectivity index (χ3v) is 6.10. The van der Waals surface area contributed by atoms with Crippen LogP contribution >= 0.6 is 0 Å². The number of carbonyl (C=O) groups is 3. The predicted molar refractivity (Wildman–Crippen MR) is 116 cm³/mol. The lowest BCUT2D eigenvalue weighted by molar-refractivity contribution is -0.119. The third-order valence-electron chi connectivity index (χ3n) is 6.10. The Morgan fingerprint density at radius 3 is 2.30 bits per heavy atom. The fourth-order valence-corrected chi connectivity index (χ4v) is 4.74. The number of anilines is 1. The van der Waals surface area contributed by atoms with Gasteiger partial charge in [-0.25, -0.2) is 0 Å². The molecule has 30 heavy (non-hydrogen) atoms. The SMILES string of the molecule is CC1Cc2ccccc2N1C(=O)CCCN1C(=O)c2cccc3cccc(c23)C1=O. The average Bonchev–Trinajstić information content (AvgIpc) is 3.10. The quantitative estimate of drug-likeness (QED) is 0.619. The summed E-state index contributed by atoms with van der Waals surface area (Å²) < 4.78 is 0. The smallest absolute Gasteiger partial charge is 0.261 e. The molecule has 2 aliphatic rings. The first-order valence-electron chi connectivity index (χ1n) is 10.3. The van der Waals surface area contributed by atoms with Crippen molar-refractivity contribution in [3.05, 3.63) is 77.4 Å². The third kappa shape index (κ3) is 2.81. The molecule has 0 aromatic heterocycles. The summed E-state index contributed by atoms with van der Waals surface area (Å²) >= 11 is 0. The van der Waals surface area contributed by atoms with E-state index in [1.165, 1.54) is 10.5 Å². The molecule has 0 N–H and O–H groups in total. The minimum Gasteiger partial charge on any atom is -0.309 e. The second-order valence-electron chi connectivity index (χ2n) is 8.02. The predicted octanol–water partition coefficient (Wildman–Crippen LogP) is 4.19. The first-order valence-corrected chi connectivity index (χ1v) is 10.3. The maximum Gasteiger partial charge on any atom is 0.261 e. The molecule has 3 aromatic rings. The molecule has 1 unspecified atom stereocenters. The van der Waals surface area contributed by atoms with Crippen LogP contribution in [0.3, 0.4) is 0 Å². The van der Waals surface area contributed by atoms with Gasteiger partial charge in [-0.1, -0.05) is 42.5 Å². The van der Waals surface area contributed by atoms with Gasteiger partial charge in [0.1, 0.15) is 0 Å². The van der Waals surface area contributed by atoms with E-state index in [1.807, 2.05) is 54.3 Å². The number of amides is 3. The molecule has 2 aliphatic heterocycles. The van der Waals surface area contributed by atoms with Crippen LogP contribution in [0.1, 0.15) is 46.0 Å². The van der Waals surface area contributed by atoms with Gasteiger partial charge in [-0.15, -0.1) is 0 Å². The second-order valence-corrected chi connectivity index (χ2v) is 8.02. The molecule has 150 valence electrons. The van der Waals surface area contributed by atoms with Gasteiger partial charge in [0.15, 0.2) is 0 Å².